The van der Waals surface area contributed by atoms with Gasteiger partial charge in [-0.3, -0.25) is 0 Å². The molecule has 1 aliphatic heterocycles. The number of hydrogen-bond donors (Lipinski definition) is 0. The van der Waals surface area contributed by atoms with Gasteiger partial charge in [0.2, 0.25) is 0 Å². The van der Waals surface area contributed by atoms with Gasteiger partial charge < -0.3 is 0 Å². The topological polar surface area (TPSA) is 46.2 Å². The zero-order chi connectivity index (χ0) is 32.1. The number of unbranched alkanes of at least 4 members (excludes halogenated alkanes) is 7. The predicted octanol–water partition coefficient (Wildman–Crippen LogP) is 11.4. The molecule has 1 aromatic carbocycles. The van der Waals surface area contributed by atoms with Gasteiger partial charge in [-0.25, -0.2) is 0 Å². The van der Waals surface area contributed by atoms with Gasteiger partial charge in [-0.2, -0.15) is 0 Å². The summed E-state index contributed by atoms with van der Waals surface area (Å²) in [6, 6.07) is 12.8. The van der Waals surface area contributed by atoms with E-state index in [-0.39, 0.29) is 6.29 Å². The Balaban J connectivity index is 1.60. The third kappa shape index (κ3) is 9.80. The molecule has 1 saturated heterocycles. The predicted molar refractivity (Wildman–Crippen MR) is 194 cm³/mol. The number of rotatable bonds is 19. The zero-order valence-electron chi connectivity index (χ0n) is 28.2. The van der Waals surface area contributed by atoms with E-state index in [0.29, 0.717) is 19.1 Å². The standard InChI is InChI=1S/C37H53O5PS2/c1-7-11-13-14-15-16-17-18-20-30-21-22-35(44-30)31-26-34(39-27-29(9-3)19-12-8-2)32(25-33(31)38-6)36-23-24-37(45-36)43(40-10-4)41-28(5)42-43/h21-26,28-29,43H,7-17,19,27H2,1-6H3. The number of thiophene rings is 2. The number of ether oxygens (including phenoxy) is 2. The molecule has 1 aliphatic rings. The van der Waals surface area contributed by atoms with Crippen molar-refractivity contribution in [3.8, 4) is 44.2 Å². The first kappa shape index (κ1) is 35.9. The van der Waals surface area contributed by atoms with Crippen LogP contribution in [0.3, 0.4) is 0 Å². The molecular formula is C37H53O5PS2. The Kier molecular flexibility index (Phi) is 14.7. The van der Waals surface area contributed by atoms with E-state index in [4.69, 9.17) is 23.0 Å². The van der Waals surface area contributed by atoms with Crippen LogP contribution < -0.4 is 14.1 Å². The summed E-state index contributed by atoms with van der Waals surface area (Å²) in [6.45, 7) is 11.9. The quantitative estimate of drug-likeness (QED) is 0.0720. The van der Waals surface area contributed by atoms with Crippen LogP contribution in [0.4, 0.5) is 0 Å². The van der Waals surface area contributed by atoms with Crippen molar-refractivity contribution in [2.45, 2.75) is 112 Å². The Morgan fingerprint density at radius 3 is 2.24 bits per heavy atom. The van der Waals surface area contributed by atoms with E-state index in [1.807, 2.05) is 13.8 Å². The minimum absolute atomic E-state index is 0.239. The van der Waals surface area contributed by atoms with E-state index in [2.05, 4.69) is 69.0 Å². The van der Waals surface area contributed by atoms with Crippen molar-refractivity contribution in [1.29, 1.82) is 0 Å². The van der Waals surface area contributed by atoms with E-state index < -0.39 is 7.94 Å². The minimum atomic E-state index is -2.84. The first-order valence-corrected chi connectivity index (χ1v) is 20.4. The van der Waals surface area contributed by atoms with E-state index in [1.165, 1.54) is 57.8 Å². The molecule has 1 unspecified atom stereocenters. The molecule has 0 radical (unpaired) electrons. The van der Waals surface area contributed by atoms with Gasteiger partial charge in [0.25, 0.3) is 0 Å². The third-order valence-electron chi connectivity index (χ3n) is 8.21. The molecule has 3 heterocycles. The van der Waals surface area contributed by atoms with Gasteiger partial charge in [0, 0.05) is 6.42 Å². The molecule has 248 valence electrons. The molecule has 2 aromatic heterocycles. The molecule has 0 saturated carbocycles. The van der Waals surface area contributed by atoms with Crippen LogP contribution in [0, 0.1) is 17.8 Å². The summed E-state index contributed by atoms with van der Waals surface area (Å²) in [5.74, 6) is 9.01. The number of benzene rings is 1. The van der Waals surface area contributed by atoms with Gasteiger partial charge in [-0.05, 0) is 6.42 Å². The molecule has 0 bridgehead atoms. The van der Waals surface area contributed by atoms with Gasteiger partial charge >= 0.3 is 230 Å². The van der Waals surface area contributed by atoms with Crippen LogP contribution in [0.25, 0.3) is 20.9 Å². The molecular weight excluding hydrogens is 620 g/mol. The summed E-state index contributed by atoms with van der Waals surface area (Å²) in [5.41, 5.74) is 2.05. The summed E-state index contributed by atoms with van der Waals surface area (Å²) in [6.07, 6.45) is 13.1. The summed E-state index contributed by atoms with van der Waals surface area (Å²) in [5, 5.41) is 0. The molecule has 5 nitrogen and oxygen atoms in total. The SMILES string of the molecule is CCCCCCCCC#Cc1ccc(-c2cc(OCC(CC)CCCC)c(-c3ccc([PH]4(OCC)OC(C)O4)s3)cc2OC)s1. The van der Waals surface area contributed by atoms with Gasteiger partial charge in [-0.1, -0.05) is 39.0 Å². The monoisotopic (exact) mass is 672 g/mol. The van der Waals surface area contributed by atoms with Gasteiger partial charge in [0.1, 0.15) is 0 Å². The van der Waals surface area contributed by atoms with Gasteiger partial charge in [-0.15, -0.1) is 0 Å². The molecule has 1 atom stereocenters. The Labute approximate surface area is 280 Å². The molecule has 3 aromatic rings. The first-order chi connectivity index (χ1) is 22.0. The van der Waals surface area contributed by atoms with Crippen molar-refractivity contribution in [2.24, 2.45) is 5.92 Å². The second kappa shape index (κ2) is 18.4. The van der Waals surface area contributed by atoms with Gasteiger partial charge in [0.05, 0.1) is 0 Å². The van der Waals surface area contributed by atoms with Crippen molar-refractivity contribution in [3.05, 3.63) is 41.3 Å². The van der Waals surface area contributed by atoms with Crippen molar-refractivity contribution in [1.82, 2.24) is 0 Å². The number of hydrogen-bond acceptors (Lipinski definition) is 7. The fraction of sp³-hybridized carbons (Fsp3) is 0.568. The van der Waals surface area contributed by atoms with E-state index >= 15 is 0 Å². The molecule has 0 aliphatic carbocycles. The van der Waals surface area contributed by atoms with E-state index in [0.717, 1.165) is 54.7 Å². The second-order valence-corrected chi connectivity index (χ2v) is 16.7. The van der Waals surface area contributed by atoms with Crippen LogP contribution >= 0.6 is 30.6 Å². The Morgan fingerprint density at radius 2 is 1.53 bits per heavy atom. The molecule has 0 amide bonds. The van der Waals surface area contributed by atoms with Gasteiger partial charge in [0.15, 0.2) is 0 Å². The average Bonchev–Trinajstić information content (AvgIpc) is 3.72. The second-order valence-electron chi connectivity index (χ2n) is 11.7. The van der Waals surface area contributed by atoms with Crippen molar-refractivity contribution in [3.63, 3.8) is 0 Å². The molecule has 8 heteroatoms. The summed E-state index contributed by atoms with van der Waals surface area (Å²) in [7, 11) is -1.10. The summed E-state index contributed by atoms with van der Waals surface area (Å²) >= 11 is 3.37. The number of methoxy groups -OCH3 is 1. The third-order valence-corrected chi connectivity index (χ3v) is 14.0. The van der Waals surface area contributed by atoms with E-state index in [9.17, 15) is 0 Å². The van der Waals surface area contributed by atoms with Crippen LogP contribution in [0.5, 0.6) is 11.5 Å². The van der Waals surface area contributed by atoms with Crippen molar-refractivity contribution < 1.29 is 23.0 Å². The van der Waals surface area contributed by atoms with Crippen LogP contribution in [0.1, 0.15) is 110 Å². The summed E-state index contributed by atoms with van der Waals surface area (Å²) < 4.78 is 31.9. The molecule has 0 N–H and O–H groups in total. The Bertz CT molecular complexity index is 1380. The van der Waals surface area contributed by atoms with Crippen LogP contribution in [-0.4, -0.2) is 26.6 Å². The molecule has 45 heavy (non-hydrogen) atoms. The fourth-order valence-corrected chi connectivity index (χ4v) is 10.6. The Morgan fingerprint density at radius 1 is 0.844 bits per heavy atom. The van der Waals surface area contributed by atoms with Crippen LogP contribution in [-0.2, 0) is 13.6 Å². The van der Waals surface area contributed by atoms with Crippen molar-refractivity contribution >= 4 is 35.2 Å². The van der Waals surface area contributed by atoms with Crippen LogP contribution in [0.15, 0.2) is 36.4 Å². The Hall–Kier alpha value is -1.91. The maximum absolute atomic E-state index is 6.68. The molecule has 4 rings (SSSR count). The fourth-order valence-electron chi connectivity index (χ4n) is 5.57. The average molecular weight is 673 g/mol. The van der Waals surface area contributed by atoms with Crippen molar-refractivity contribution in [2.75, 3.05) is 20.3 Å². The molecule has 0 spiro atoms. The normalized spacial score (nSPS) is 16.8. The maximum atomic E-state index is 6.68. The molecule has 1 fully saturated rings. The van der Waals surface area contributed by atoms with Crippen LogP contribution in [0.2, 0.25) is 0 Å². The zero-order valence-corrected chi connectivity index (χ0v) is 30.8. The summed E-state index contributed by atoms with van der Waals surface area (Å²) in [4.78, 5) is 3.29. The first-order valence-electron chi connectivity index (χ1n) is 17.0. The van der Waals surface area contributed by atoms with E-state index in [1.54, 1.807) is 29.8 Å².